The number of aromatic nitrogens is 1. The highest BCUT2D eigenvalue weighted by molar-refractivity contribution is 5.76. The third-order valence-corrected chi connectivity index (χ3v) is 6.22. The van der Waals surface area contributed by atoms with Crippen LogP contribution in [0.15, 0.2) is 72.9 Å². The molecule has 0 aliphatic carbocycles. The number of piperidine rings is 1. The number of nitrogens with zero attached hydrogens (tertiary/aromatic N) is 2. The molecular formula is C28H32N2O3. The van der Waals surface area contributed by atoms with Gasteiger partial charge in [-0.2, -0.15) is 0 Å². The van der Waals surface area contributed by atoms with Crippen LogP contribution in [0.3, 0.4) is 0 Å². The van der Waals surface area contributed by atoms with E-state index in [4.69, 9.17) is 14.5 Å². The molecule has 0 radical (unpaired) electrons. The van der Waals surface area contributed by atoms with E-state index < -0.39 is 0 Å². The molecular weight excluding hydrogens is 412 g/mol. The second-order valence-corrected chi connectivity index (χ2v) is 8.35. The second-order valence-electron chi connectivity index (χ2n) is 8.35. The number of pyridine rings is 1. The summed E-state index contributed by atoms with van der Waals surface area (Å²) in [7, 11) is 0. The molecule has 3 aromatic rings. The second kappa shape index (κ2) is 11.1. The van der Waals surface area contributed by atoms with Crippen LogP contribution in [0.25, 0.3) is 11.3 Å². The molecule has 2 aromatic carbocycles. The highest BCUT2D eigenvalue weighted by Crippen LogP contribution is 2.34. The smallest absolute Gasteiger partial charge is 0.323 e. The third kappa shape index (κ3) is 5.60. The summed E-state index contributed by atoms with van der Waals surface area (Å²) in [5.74, 6) is 0.986. The first kappa shape index (κ1) is 23.0. The van der Waals surface area contributed by atoms with Crippen LogP contribution in [0.1, 0.15) is 43.7 Å². The Bertz CT molecular complexity index is 1040. The molecule has 0 spiro atoms. The number of esters is 1. The van der Waals surface area contributed by atoms with E-state index in [0.29, 0.717) is 13.2 Å². The van der Waals surface area contributed by atoms with Crippen molar-refractivity contribution in [3.05, 3.63) is 84.1 Å². The molecule has 2 atom stereocenters. The highest BCUT2D eigenvalue weighted by atomic mass is 16.5. The molecule has 5 heteroatoms. The van der Waals surface area contributed by atoms with Crippen molar-refractivity contribution < 1.29 is 14.3 Å². The van der Waals surface area contributed by atoms with Gasteiger partial charge in [0.2, 0.25) is 0 Å². The number of para-hydroxylation sites is 1. The molecule has 2 heterocycles. The molecule has 0 saturated carbocycles. The van der Waals surface area contributed by atoms with Crippen LogP contribution in [-0.2, 0) is 16.1 Å². The van der Waals surface area contributed by atoms with Crippen LogP contribution >= 0.6 is 0 Å². The van der Waals surface area contributed by atoms with Gasteiger partial charge in [0.1, 0.15) is 11.8 Å². The van der Waals surface area contributed by atoms with Crippen molar-refractivity contribution in [2.24, 2.45) is 0 Å². The minimum atomic E-state index is -0.248. The maximum absolute atomic E-state index is 12.8. The fourth-order valence-corrected chi connectivity index (χ4v) is 4.57. The minimum Gasteiger partial charge on any atom is -0.493 e. The Morgan fingerprint density at radius 1 is 1.00 bits per heavy atom. The van der Waals surface area contributed by atoms with E-state index in [0.717, 1.165) is 42.9 Å². The summed E-state index contributed by atoms with van der Waals surface area (Å²) in [5, 5.41) is 0. The van der Waals surface area contributed by atoms with Crippen molar-refractivity contribution in [1.29, 1.82) is 0 Å². The zero-order valence-corrected chi connectivity index (χ0v) is 19.4. The Morgan fingerprint density at radius 2 is 1.79 bits per heavy atom. The lowest BCUT2D eigenvalue weighted by atomic mass is 9.85. The van der Waals surface area contributed by atoms with Crippen molar-refractivity contribution >= 4 is 5.97 Å². The van der Waals surface area contributed by atoms with Crippen molar-refractivity contribution in [1.82, 2.24) is 9.88 Å². The highest BCUT2D eigenvalue weighted by Gasteiger charge is 2.35. The lowest BCUT2D eigenvalue weighted by Gasteiger charge is -2.38. The summed E-state index contributed by atoms with van der Waals surface area (Å²) in [6, 6.07) is 22.2. The molecule has 1 fully saturated rings. The maximum Gasteiger partial charge on any atom is 0.323 e. The predicted octanol–water partition coefficient (Wildman–Crippen LogP) is 5.46. The SMILES string of the molecule is CCOC(=O)C1CC(c2ccc(-c3ccccc3OCC)nc2)CCN1Cc1ccccc1. The van der Waals surface area contributed by atoms with Gasteiger partial charge in [-0.05, 0) is 68.5 Å². The summed E-state index contributed by atoms with van der Waals surface area (Å²) in [5.41, 5.74) is 4.27. The number of ether oxygens (including phenoxy) is 2. The number of carbonyl (C=O) groups excluding carboxylic acids is 1. The molecule has 1 aliphatic rings. The first-order valence-corrected chi connectivity index (χ1v) is 11.8. The minimum absolute atomic E-state index is 0.131. The summed E-state index contributed by atoms with van der Waals surface area (Å²) < 4.78 is 11.2. The quantitative estimate of drug-likeness (QED) is 0.432. The zero-order chi connectivity index (χ0) is 23.0. The van der Waals surface area contributed by atoms with Gasteiger partial charge in [-0.25, -0.2) is 0 Å². The van der Waals surface area contributed by atoms with Gasteiger partial charge < -0.3 is 9.47 Å². The van der Waals surface area contributed by atoms with Crippen molar-refractivity contribution in [3.63, 3.8) is 0 Å². The van der Waals surface area contributed by atoms with Crippen LogP contribution in [0.4, 0.5) is 0 Å². The van der Waals surface area contributed by atoms with E-state index in [1.807, 2.05) is 62.5 Å². The van der Waals surface area contributed by atoms with Gasteiger partial charge >= 0.3 is 5.97 Å². The van der Waals surface area contributed by atoms with E-state index in [-0.39, 0.29) is 17.9 Å². The average molecular weight is 445 g/mol. The topological polar surface area (TPSA) is 51.7 Å². The largest absolute Gasteiger partial charge is 0.493 e. The van der Waals surface area contributed by atoms with Gasteiger partial charge in [-0.3, -0.25) is 14.7 Å². The first-order chi connectivity index (χ1) is 16.2. The lowest BCUT2D eigenvalue weighted by molar-refractivity contribution is -0.151. The normalized spacial score (nSPS) is 18.6. The van der Waals surface area contributed by atoms with Crippen LogP contribution in [0.5, 0.6) is 5.75 Å². The van der Waals surface area contributed by atoms with Crippen molar-refractivity contribution in [2.45, 2.75) is 45.2 Å². The number of likely N-dealkylation sites (tertiary alicyclic amines) is 1. The van der Waals surface area contributed by atoms with Crippen LogP contribution in [0, 0.1) is 0 Å². The maximum atomic E-state index is 12.8. The van der Waals surface area contributed by atoms with Crippen molar-refractivity contribution in [2.75, 3.05) is 19.8 Å². The van der Waals surface area contributed by atoms with Crippen LogP contribution in [0.2, 0.25) is 0 Å². The number of carbonyl (C=O) groups is 1. The Hall–Kier alpha value is -3.18. The monoisotopic (exact) mass is 444 g/mol. The summed E-state index contributed by atoms with van der Waals surface area (Å²) in [4.78, 5) is 19.8. The molecule has 172 valence electrons. The molecule has 5 nitrogen and oxygen atoms in total. The van der Waals surface area contributed by atoms with Gasteiger partial charge in [0.25, 0.3) is 0 Å². The number of rotatable bonds is 8. The van der Waals surface area contributed by atoms with E-state index in [1.165, 1.54) is 11.1 Å². The summed E-state index contributed by atoms with van der Waals surface area (Å²) >= 11 is 0. The average Bonchev–Trinajstić information content (AvgIpc) is 2.86. The molecule has 0 amide bonds. The van der Waals surface area contributed by atoms with Gasteiger partial charge in [0, 0.05) is 18.3 Å². The molecule has 0 bridgehead atoms. The van der Waals surface area contributed by atoms with Gasteiger partial charge in [0.15, 0.2) is 0 Å². The number of benzene rings is 2. The Balaban J connectivity index is 1.51. The Kier molecular flexibility index (Phi) is 7.74. The molecule has 0 N–H and O–H groups in total. The molecule has 4 rings (SSSR count). The van der Waals surface area contributed by atoms with E-state index in [2.05, 4.69) is 29.2 Å². The molecule has 1 aromatic heterocycles. The third-order valence-electron chi connectivity index (χ3n) is 6.22. The summed E-state index contributed by atoms with van der Waals surface area (Å²) in [6.07, 6.45) is 3.68. The molecule has 33 heavy (non-hydrogen) atoms. The first-order valence-electron chi connectivity index (χ1n) is 11.8. The molecule has 2 unspecified atom stereocenters. The lowest BCUT2D eigenvalue weighted by Crippen LogP contribution is -2.47. The van der Waals surface area contributed by atoms with E-state index >= 15 is 0 Å². The fourth-order valence-electron chi connectivity index (χ4n) is 4.57. The predicted molar refractivity (Wildman–Crippen MR) is 130 cm³/mol. The van der Waals surface area contributed by atoms with Crippen molar-refractivity contribution in [3.8, 4) is 17.0 Å². The van der Waals surface area contributed by atoms with Gasteiger partial charge in [0.05, 0.1) is 18.9 Å². The van der Waals surface area contributed by atoms with Gasteiger partial charge in [-0.15, -0.1) is 0 Å². The van der Waals surface area contributed by atoms with Gasteiger partial charge in [-0.1, -0.05) is 48.5 Å². The molecule has 1 saturated heterocycles. The summed E-state index contributed by atoms with van der Waals surface area (Å²) in [6.45, 7) is 6.46. The molecule has 1 aliphatic heterocycles. The fraction of sp³-hybridized carbons (Fsp3) is 0.357. The van der Waals surface area contributed by atoms with Crippen LogP contribution < -0.4 is 4.74 Å². The number of hydrogen-bond acceptors (Lipinski definition) is 5. The Morgan fingerprint density at radius 3 is 2.52 bits per heavy atom. The van der Waals surface area contributed by atoms with E-state index in [9.17, 15) is 4.79 Å². The Labute approximate surface area is 196 Å². The van der Waals surface area contributed by atoms with E-state index in [1.54, 1.807) is 0 Å². The van der Waals surface area contributed by atoms with Crippen LogP contribution in [-0.4, -0.2) is 41.7 Å². The number of hydrogen-bond donors (Lipinski definition) is 0. The zero-order valence-electron chi connectivity index (χ0n) is 19.4. The standard InChI is InChI=1S/C28H32N2O3/c1-3-32-27-13-9-8-12-24(27)25-15-14-23(19-29-25)22-16-17-30(20-21-10-6-5-7-11-21)26(18-22)28(31)33-4-2/h5-15,19,22,26H,3-4,16-18,20H2,1-2H3.